The number of tetrazole rings is 1. The summed E-state index contributed by atoms with van der Waals surface area (Å²) in [5, 5.41) is 12.9. The van der Waals surface area contributed by atoms with E-state index in [0.717, 1.165) is 21.6 Å². The summed E-state index contributed by atoms with van der Waals surface area (Å²) in [7, 11) is -3.88. The summed E-state index contributed by atoms with van der Waals surface area (Å²) in [6.45, 7) is 5.47. The van der Waals surface area contributed by atoms with E-state index in [2.05, 4.69) is 20.6 Å². The number of fused-ring (bicyclic) bond motifs is 1. The first kappa shape index (κ1) is 15.9. The number of carbonyl (C=O) groups excluding carboxylic acids is 1. The Balaban J connectivity index is 2.05. The van der Waals surface area contributed by atoms with Crippen LogP contribution in [-0.2, 0) is 10.0 Å². The fourth-order valence-electron chi connectivity index (χ4n) is 2.56. The number of thioether (sulfide) groups is 1. The number of H-pyrrole nitrogens is 1. The van der Waals surface area contributed by atoms with Gasteiger partial charge < -0.3 is 0 Å². The molecule has 8 nitrogen and oxygen atoms in total. The number of carbonyl (C=O) groups is 1. The summed E-state index contributed by atoms with van der Waals surface area (Å²) in [5.41, 5.74) is 0.999. The topological polar surface area (TPSA) is 109 Å². The van der Waals surface area contributed by atoms with Crippen LogP contribution in [0.1, 0.15) is 42.6 Å². The number of amides is 1. The molecule has 1 aliphatic rings. The Morgan fingerprint density at radius 1 is 1.26 bits per heavy atom. The van der Waals surface area contributed by atoms with Crippen LogP contribution in [0.15, 0.2) is 28.3 Å². The third-order valence-electron chi connectivity index (χ3n) is 3.56. The Hall–Kier alpha value is -1.94. The predicted octanol–water partition coefficient (Wildman–Crippen LogP) is 1.61. The van der Waals surface area contributed by atoms with Crippen molar-refractivity contribution < 1.29 is 13.2 Å². The minimum Gasteiger partial charge on any atom is -0.268 e. The third kappa shape index (κ3) is 2.51. The summed E-state index contributed by atoms with van der Waals surface area (Å²) >= 11 is 1.05. The Kier molecular flexibility index (Phi) is 3.88. The van der Waals surface area contributed by atoms with Crippen LogP contribution in [0.2, 0.25) is 0 Å². The molecule has 2 heterocycles. The maximum absolute atomic E-state index is 12.8. The molecule has 1 aromatic heterocycles. The van der Waals surface area contributed by atoms with Gasteiger partial charge in [-0.25, -0.2) is 12.7 Å². The van der Waals surface area contributed by atoms with E-state index in [0.29, 0.717) is 0 Å². The molecule has 0 spiro atoms. The van der Waals surface area contributed by atoms with Gasteiger partial charge in [-0.15, -0.1) is 10.2 Å². The van der Waals surface area contributed by atoms with Crippen LogP contribution >= 0.6 is 11.8 Å². The van der Waals surface area contributed by atoms with Crippen molar-refractivity contribution in [2.45, 2.75) is 42.1 Å². The molecule has 1 aliphatic heterocycles. The number of aromatic amines is 1. The molecule has 0 saturated carbocycles. The Morgan fingerprint density at radius 2 is 2.00 bits per heavy atom. The molecule has 1 atom stereocenters. The SMILES string of the molecule is CC(C)c1cccc2c1C(=O)N(C(C)Sc1nn[nH]n1)S2(=O)=O. The summed E-state index contributed by atoms with van der Waals surface area (Å²) in [6, 6.07) is 4.93. The molecule has 122 valence electrons. The molecule has 10 heteroatoms. The average molecular weight is 353 g/mol. The number of rotatable bonds is 4. The molecule has 23 heavy (non-hydrogen) atoms. The number of hydrogen-bond acceptors (Lipinski definition) is 7. The lowest BCUT2D eigenvalue weighted by atomic mass is 9.97. The van der Waals surface area contributed by atoms with E-state index in [4.69, 9.17) is 0 Å². The normalized spacial score (nSPS) is 17.6. The Labute approximate surface area is 137 Å². The number of nitrogens with zero attached hydrogens (tertiary/aromatic N) is 4. The van der Waals surface area contributed by atoms with Crippen molar-refractivity contribution in [2.75, 3.05) is 0 Å². The van der Waals surface area contributed by atoms with Crippen molar-refractivity contribution in [1.82, 2.24) is 24.9 Å². The summed E-state index contributed by atoms with van der Waals surface area (Å²) in [4.78, 5) is 12.8. The number of sulfonamides is 1. The second-order valence-electron chi connectivity index (χ2n) is 5.39. The molecule has 0 fully saturated rings. The molecule has 1 aromatic carbocycles. The zero-order chi connectivity index (χ0) is 16.8. The van der Waals surface area contributed by atoms with E-state index < -0.39 is 21.3 Å². The second-order valence-corrected chi connectivity index (χ2v) is 8.46. The van der Waals surface area contributed by atoms with E-state index in [9.17, 15) is 13.2 Å². The van der Waals surface area contributed by atoms with Crippen molar-refractivity contribution in [2.24, 2.45) is 0 Å². The summed E-state index contributed by atoms with van der Waals surface area (Å²) < 4.78 is 26.4. The average Bonchev–Trinajstić information content (AvgIpc) is 3.04. The molecular weight excluding hydrogens is 338 g/mol. The summed E-state index contributed by atoms with van der Waals surface area (Å²) in [5.74, 6) is -0.461. The zero-order valence-corrected chi connectivity index (χ0v) is 14.3. The van der Waals surface area contributed by atoms with Gasteiger partial charge in [0.1, 0.15) is 4.90 Å². The van der Waals surface area contributed by atoms with Crippen LogP contribution in [0.5, 0.6) is 0 Å². The van der Waals surface area contributed by atoms with E-state index in [-0.39, 0.29) is 21.5 Å². The number of benzene rings is 1. The zero-order valence-electron chi connectivity index (χ0n) is 12.7. The molecule has 1 amide bonds. The van der Waals surface area contributed by atoms with Crippen molar-refractivity contribution in [3.63, 3.8) is 0 Å². The van der Waals surface area contributed by atoms with Gasteiger partial charge in [-0.2, -0.15) is 5.21 Å². The van der Waals surface area contributed by atoms with Gasteiger partial charge in [0.15, 0.2) is 0 Å². The lowest BCUT2D eigenvalue weighted by Crippen LogP contribution is -2.36. The molecule has 2 aromatic rings. The molecule has 0 bridgehead atoms. The highest BCUT2D eigenvalue weighted by Gasteiger charge is 2.45. The van der Waals surface area contributed by atoms with Crippen LogP contribution in [0.3, 0.4) is 0 Å². The first-order chi connectivity index (χ1) is 10.8. The highest BCUT2D eigenvalue weighted by atomic mass is 32.2. The van der Waals surface area contributed by atoms with Crippen LogP contribution in [0.25, 0.3) is 0 Å². The molecule has 1 unspecified atom stereocenters. The van der Waals surface area contributed by atoms with Crippen molar-refractivity contribution in [3.8, 4) is 0 Å². The number of nitrogens with one attached hydrogen (secondary N) is 1. The Bertz CT molecular complexity index is 848. The predicted molar refractivity (Wildman–Crippen MR) is 83.4 cm³/mol. The van der Waals surface area contributed by atoms with Crippen molar-refractivity contribution >= 4 is 27.7 Å². The molecule has 3 rings (SSSR count). The van der Waals surface area contributed by atoms with E-state index in [1.54, 1.807) is 19.1 Å². The molecule has 1 N–H and O–H groups in total. The van der Waals surface area contributed by atoms with E-state index in [1.165, 1.54) is 6.07 Å². The van der Waals surface area contributed by atoms with Gasteiger partial charge in [0.05, 0.1) is 10.9 Å². The minimum absolute atomic E-state index is 0.0456. The van der Waals surface area contributed by atoms with Crippen LogP contribution in [0.4, 0.5) is 0 Å². The first-order valence-corrected chi connectivity index (χ1v) is 9.27. The largest absolute Gasteiger partial charge is 0.270 e. The lowest BCUT2D eigenvalue weighted by Gasteiger charge is -2.21. The van der Waals surface area contributed by atoms with Gasteiger partial charge in [0.2, 0.25) is 5.16 Å². The molecule has 0 saturated heterocycles. The van der Waals surface area contributed by atoms with Crippen molar-refractivity contribution in [3.05, 3.63) is 29.3 Å². The monoisotopic (exact) mass is 353 g/mol. The van der Waals surface area contributed by atoms with Gasteiger partial charge in [-0.3, -0.25) is 4.79 Å². The molecule has 0 radical (unpaired) electrons. The molecular formula is C13H15N5O3S2. The van der Waals surface area contributed by atoms with Gasteiger partial charge in [0, 0.05) is 0 Å². The van der Waals surface area contributed by atoms with Crippen molar-refractivity contribution in [1.29, 1.82) is 0 Å². The first-order valence-electron chi connectivity index (χ1n) is 6.95. The fraction of sp³-hybridized carbons (Fsp3) is 0.385. The van der Waals surface area contributed by atoms with Gasteiger partial charge >= 0.3 is 0 Å². The van der Waals surface area contributed by atoms with Gasteiger partial charge in [-0.05, 0) is 29.7 Å². The maximum Gasteiger partial charge on any atom is 0.270 e. The van der Waals surface area contributed by atoms with Gasteiger partial charge in [-0.1, -0.05) is 37.7 Å². The smallest absolute Gasteiger partial charge is 0.268 e. The fourth-order valence-corrected chi connectivity index (χ4v) is 5.33. The second kappa shape index (κ2) is 5.60. The number of hydrogen-bond donors (Lipinski definition) is 1. The van der Waals surface area contributed by atoms with Gasteiger partial charge in [0.25, 0.3) is 15.9 Å². The highest BCUT2D eigenvalue weighted by Crippen LogP contribution is 2.39. The Morgan fingerprint density at radius 3 is 2.61 bits per heavy atom. The van der Waals surface area contributed by atoms with Crippen LogP contribution < -0.4 is 0 Å². The standard InChI is InChI=1S/C13H15N5O3S2/c1-7(2)9-5-4-6-10-11(9)12(19)18(23(10,20)21)8(3)22-13-14-16-17-15-13/h4-8H,1-3H3,(H,14,15,16,17). The number of aromatic nitrogens is 4. The third-order valence-corrected chi connectivity index (χ3v) is 6.53. The molecule has 0 aliphatic carbocycles. The summed E-state index contributed by atoms with van der Waals surface area (Å²) in [6.07, 6.45) is 0. The van der Waals surface area contributed by atoms with Crippen LogP contribution in [-0.4, -0.2) is 44.6 Å². The van der Waals surface area contributed by atoms with Crippen LogP contribution in [0, 0.1) is 0 Å². The van der Waals surface area contributed by atoms with E-state index >= 15 is 0 Å². The maximum atomic E-state index is 12.8. The quantitative estimate of drug-likeness (QED) is 0.832. The highest BCUT2D eigenvalue weighted by molar-refractivity contribution is 8.00. The minimum atomic E-state index is -3.88. The lowest BCUT2D eigenvalue weighted by molar-refractivity contribution is 0.0865. The van der Waals surface area contributed by atoms with E-state index in [1.807, 2.05) is 13.8 Å².